The number of nitrogens with zero attached hydrogens (tertiary/aromatic N) is 2. The number of carbonyl (C=O) groups is 1. The lowest BCUT2D eigenvalue weighted by molar-refractivity contribution is 0.102. The third-order valence-electron chi connectivity index (χ3n) is 4.29. The molecule has 5 nitrogen and oxygen atoms in total. The molecule has 1 amide bonds. The summed E-state index contributed by atoms with van der Waals surface area (Å²) in [5.74, 6) is -0.589. The van der Waals surface area contributed by atoms with Crippen molar-refractivity contribution < 1.29 is 13.6 Å². The van der Waals surface area contributed by atoms with Crippen LogP contribution in [0.25, 0.3) is 11.3 Å². The summed E-state index contributed by atoms with van der Waals surface area (Å²) in [6.07, 6.45) is 1.40. The molecule has 0 radical (unpaired) electrons. The molecule has 7 heteroatoms. The summed E-state index contributed by atoms with van der Waals surface area (Å²) in [6, 6.07) is 20.3. The number of amides is 1. The Morgan fingerprint density at radius 3 is 2.33 bits per heavy atom. The lowest BCUT2D eigenvalue weighted by Gasteiger charge is -2.10. The van der Waals surface area contributed by atoms with Gasteiger partial charge < -0.3 is 10.6 Å². The first-order valence-electron chi connectivity index (χ1n) is 9.09. The number of hydrogen-bond donors (Lipinski definition) is 2. The van der Waals surface area contributed by atoms with E-state index >= 15 is 0 Å². The molecule has 3 aromatic carbocycles. The minimum atomic E-state index is -0.427. The number of nitrogens with one attached hydrogen (secondary N) is 2. The zero-order valence-corrected chi connectivity index (χ0v) is 15.6. The van der Waals surface area contributed by atoms with Gasteiger partial charge in [-0.25, -0.2) is 18.7 Å². The van der Waals surface area contributed by atoms with Gasteiger partial charge in [-0.15, -0.1) is 0 Å². The van der Waals surface area contributed by atoms with Crippen molar-refractivity contribution in [3.63, 3.8) is 0 Å². The van der Waals surface area contributed by atoms with Crippen LogP contribution >= 0.6 is 0 Å². The predicted octanol–water partition coefficient (Wildman–Crippen LogP) is 5.42. The number of anilines is 3. The van der Waals surface area contributed by atoms with Gasteiger partial charge in [0.2, 0.25) is 0 Å². The minimum absolute atomic E-state index is 0.320. The van der Waals surface area contributed by atoms with E-state index in [0.29, 0.717) is 28.5 Å². The molecule has 0 atom stereocenters. The Morgan fingerprint density at radius 2 is 1.53 bits per heavy atom. The second kappa shape index (κ2) is 8.48. The summed E-state index contributed by atoms with van der Waals surface area (Å²) in [7, 11) is 0. The van der Waals surface area contributed by atoms with Crippen LogP contribution in [0.15, 0.2) is 85.2 Å². The Bertz CT molecular complexity index is 1200. The summed E-state index contributed by atoms with van der Waals surface area (Å²) in [5.41, 5.74) is 2.80. The van der Waals surface area contributed by atoms with Crippen molar-refractivity contribution in [3.8, 4) is 11.3 Å². The molecule has 1 heterocycles. The normalized spacial score (nSPS) is 10.5. The Morgan fingerprint density at radius 1 is 0.767 bits per heavy atom. The largest absolute Gasteiger partial charge is 0.340 e. The highest BCUT2D eigenvalue weighted by Gasteiger charge is 2.09. The number of rotatable bonds is 5. The highest BCUT2D eigenvalue weighted by molar-refractivity contribution is 6.04. The summed E-state index contributed by atoms with van der Waals surface area (Å²) in [4.78, 5) is 20.9. The first kappa shape index (κ1) is 19.2. The van der Waals surface area contributed by atoms with Crippen LogP contribution in [-0.2, 0) is 0 Å². The molecule has 0 saturated heterocycles. The molecule has 0 aliphatic rings. The van der Waals surface area contributed by atoms with E-state index < -0.39 is 5.82 Å². The van der Waals surface area contributed by atoms with Gasteiger partial charge in [0.15, 0.2) is 0 Å². The first-order chi connectivity index (χ1) is 14.6. The fraction of sp³-hybridized carbons (Fsp3) is 0. The van der Waals surface area contributed by atoms with Gasteiger partial charge in [-0.2, -0.15) is 0 Å². The quantitative estimate of drug-likeness (QED) is 0.468. The molecule has 4 aromatic rings. The summed E-state index contributed by atoms with van der Waals surface area (Å²) < 4.78 is 26.4. The molecule has 0 spiro atoms. The van der Waals surface area contributed by atoms with Gasteiger partial charge in [0, 0.05) is 28.6 Å². The van der Waals surface area contributed by atoms with Crippen LogP contribution in [0, 0.1) is 11.6 Å². The van der Waals surface area contributed by atoms with Gasteiger partial charge in [0.25, 0.3) is 5.91 Å². The maximum atomic E-state index is 13.3. The van der Waals surface area contributed by atoms with Crippen molar-refractivity contribution in [2.24, 2.45) is 0 Å². The van der Waals surface area contributed by atoms with Crippen molar-refractivity contribution in [2.45, 2.75) is 0 Å². The van der Waals surface area contributed by atoms with Crippen LogP contribution in [0.5, 0.6) is 0 Å². The molecule has 1 aromatic heterocycles. The fourth-order valence-corrected chi connectivity index (χ4v) is 2.86. The van der Waals surface area contributed by atoms with Gasteiger partial charge in [-0.05, 0) is 60.7 Å². The average Bonchev–Trinajstić information content (AvgIpc) is 2.75. The van der Waals surface area contributed by atoms with E-state index in [0.717, 1.165) is 5.56 Å². The van der Waals surface area contributed by atoms with Gasteiger partial charge >= 0.3 is 0 Å². The SMILES string of the molecule is O=C(Nc1cccc(F)c1)c1cccc(Nc2cc(-c3ccc(F)cc3)ncn2)c1. The van der Waals surface area contributed by atoms with E-state index in [1.807, 2.05) is 0 Å². The second-order valence-corrected chi connectivity index (χ2v) is 6.47. The molecule has 0 bridgehead atoms. The number of hydrogen-bond acceptors (Lipinski definition) is 4. The van der Waals surface area contributed by atoms with E-state index in [2.05, 4.69) is 20.6 Å². The van der Waals surface area contributed by atoms with Gasteiger partial charge in [0.1, 0.15) is 23.8 Å². The van der Waals surface area contributed by atoms with Crippen molar-refractivity contribution in [2.75, 3.05) is 10.6 Å². The van der Waals surface area contributed by atoms with Gasteiger partial charge in [-0.3, -0.25) is 4.79 Å². The molecule has 0 fully saturated rings. The predicted molar refractivity (Wildman–Crippen MR) is 112 cm³/mol. The van der Waals surface area contributed by atoms with Crippen LogP contribution in [0.3, 0.4) is 0 Å². The minimum Gasteiger partial charge on any atom is -0.340 e. The van der Waals surface area contributed by atoms with E-state index in [1.165, 1.54) is 36.7 Å². The lowest BCUT2D eigenvalue weighted by atomic mass is 10.1. The third-order valence-corrected chi connectivity index (χ3v) is 4.29. The Kier molecular flexibility index (Phi) is 5.43. The highest BCUT2D eigenvalue weighted by atomic mass is 19.1. The molecule has 0 aliphatic carbocycles. The maximum absolute atomic E-state index is 13.3. The van der Waals surface area contributed by atoms with Crippen molar-refractivity contribution in [3.05, 3.63) is 102 Å². The molecule has 148 valence electrons. The Hall–Kier alpha value is -4.13. The lowest BCUT2D eigenvalue weighted by Crippen LogP contribution is -2.12. The molecular formula is C23H16F2N4O. The van der Waals surface area contributed by atoms with Gasteiger partial charge in [0.05, 0.1) is 5.69 Å². The third kappa shape index (κ3) is 4.64. The van der Waals surface area contributed by atoms with Crippen molar-refractivity contribution in [1.29, 1.82) is 0 Å². The zero-order chi connectivity index (χ0) is 20.9. The van der Waals surface area contributed by atoms with E-state index in [4.69, 9.17) is 0 Å². The standard InChI is InChI=1S/C23H16F2N4O/c24-17-9-7-15(8-10-17)21-13-22(27-14-26-21)28-19-5-1-3-16(11-19)23(30)29-20-6-2-4-18(25)12-20/h1-14H,(H,29,30)(H,26,27,28). The highest BCUT2D eigenvalue weighted by Crippen LogP contribution is 2.22. The summed E-state index contributed by atoms with van der Waals surface area (Å²) >= 11 is 0. The Labute approximate surface area is 171 Å². The molecule has 2 N–H and O–H groups in total. The fourth-order valence-electron chi connectivity index (χ4n) is 2.86. The van der Waals surface area contributed by atoms with Gasteiger partial charge in [-0.1, -0.05) is 12.1 Å². The smallest absolute Gasteiger partial charge is 0.255 e. The molecule has 0 unspecified atom stereocenters. The molecule has 30 heavy (non-hydrogen) atoms. The van der Waals surface area contributed by atoms with E-state index in [-0.39, 0.29) is 11.7 Å². The van der Waals surface area contributed by atoms with Crippen LogP contribution < -0.4 is 10.6 Å². The number of benzene rings is 3. The second-order valence-electron chi connectivity index (χ2n) is 6.47. The topological polar surface area (TPSA) is 66.9 Å². The van der Waals surface area contributed by atoms with Crippen molar-refractivity contribution in [1.82, 2.24) is 9.97 Å². The molecule has 4 rings (SSSR count). The van der Waals surface area contributed by atoms with Crippen LogP contribution in [0.2, 0.25) is 0 Å². The molecule has 0 aliphatic heterocycles. The van der Waals surface area contributed by atoms with Crippen LogP contribution in [0.4, 0.5) is 26.0 Å². The summed E-state index contributed by atoms with van der Waals surface area (Å²) in [5, 5.41) is 5.79. The average molecular weight is 402 g/mol. The molecule has 0 saturated carbocycles. The van der Waals surface area contributed by atoms with Crippen LogP contribution in [-0.4, -0.2) is 15.9 Å². The van der Waals surface area contributed by atoms with Crippen LogP contribution in [0.1, 0.15) is 10.4 Å². The first-order valence-corrected chi connectivity index (χ1v) is 9.09. The van der Waals surface area contributed by atoms with Crippen molar-refractivity contribution >= 4 is 23.1 Å². The molecular weight excluding hydrogens is 386 g/mol. The Balaban J connectivity index is 1.51. The zero-order valence-electron chi connectivity index (χ0n) is 15.6. The van der Waals surface area contributed by atoms with E-state index in [1.54, 1.807) is 48.5 Å². The number of aromatic nitrogens is 2. The monoisotopic (exact) mass is 402 g/mol. The number of halogens is 2. The summed E-state index contributed by atoms with van der Waals surface area (Å²) in [6.45, 7) is 0. The maximum Gasteiger partial charge on any atom is 0.255 e. The number of carbonyl (C=O) groups excluding carboxylic acids is 1. The van der Waals surface area contributed by atoms with E-state index in [9.17, 15) is 13.6 Å².